The third-order valence-corrected chi connectivity index (χ3v) is 3.31. The first-order chi connectivity index (χ1) is 9.54. The highest BCUT2D eigenvalue weighted by atomic mass is 19.1. The number of benzene rings is 2. The third-order valence-electron chi connectivity index (χ3n) is 3.31. The van der Waals surface area contributed by atoms with E-state index in [1.54, 1.807) is 20.1 Å². The Hall–Kier alpha value is -2.07. The number of hydrogen-bond acceptors (Lipinski definition) is 3. The number of anilines is 2. The Morgan fingerprint density at radius 1 is 1.15 bits per heavy atom. The third kappa shape index (κ3) is 2.75. The first-order valence-corrected chi connectivity index (χ1v) is 6.46. The average Bonchev–Trinajstić information content (AvgIpc) is 2.46. The highest BCUT2D eigenvalue weighted by molar-refractivity contribution is 5.67. The molecule has 0 unspecified atom stereocenters. The minimum Gasteiger partial charge on any atom is -0.497 e. The van der Waals surface area contributed by atoms with Crippen LogP contribution < -0.4 is 15.4 Å². The molecule has 0 spiro atoms. The van der Waals surface area contributed by atoms with Crippen molar-refractivity contribution in [1.82, 2.24) is 0 Å². The van der Waals surface area contributed by atoms with Gasteiger partial charge in [-0.2, -0.15) is 0 Å². The quantitative estimate of drug-likeness (QED) is 0.925. The maximum atomic E-state index is 14.0. The lowest BCUT2D eigenvalue weighted by Crippen LogP contribution is -2.17. The summed E-state index contributed by atoms with van der Waals surface area (Å²) in [5.41, 5.74) is 8.12. The summed E-state index contributed by atoms with van der Waals surface area (Å²) in [7, 11) is 3.52. The second-order valence-electron chi connectivity index (χ2n) is 4.72. The molecule has 0 aliphatic heterocycles. The summed E-state index contributed by atoms with van der Waals surface area (Å²) in [5, 5.41) is 0. The van der Waals surface area contributed by atoms with Gasteiger partial charge in [-0.1, -0.05) is 6.07 Å². The molecular weight excluding hydrogens is 255 g/mol. The fourth-order valence-corrected chi connectivity index (χ4v) is 2.21. The van der Waals surface area contributed by atoms with Gasteiger partial charge in [0.15, 0.2) is 0 Å². The molecule has 0 aromatic heterocycles. The highest BCUT2D eigenvalue weighted by Gasteiger charge is 2.16. The Kier molecular flexibility index (Phi) is 4.25. The zero-order valence-corrected chi connectivity index (χ0v) is 11.9. The van der Waals surface area contributed by atoms with Crippen LogP contribution in [-0.2, 0) is 0 Å². The molecule has 2 aromatic rings. The van der Waals surface area contributed by atoms with Gasteiger partial charge in [-0.3, -0.25) is 0 Å². The van der Waals surface area contributed by atoms with Crippen LogP contribution in [0.25, 0.3) is 0 Å². The SMILES string of the molecule is COc1ccc(N(C)c2cccc(F)c2[C@H](C)N)cc1. The first kappa shape index (κ1) is 14.3. The molecule has 4 heteroatoms. The van der Waals surface area contributed by atoms with Crippen LogP contribution in [0.3, 0.4) is 0 Å². The highest BCUT2D eigenvalue weighted by Crippen LogP contribution is 2.32. The van der Waals surface area contributed by atoms with Crippen molar-refractivity contribution in [3.63, 3.8) is 0 Å². The van der Waals surface area contributed by atoms with Crippen molar-refractivity contribution in [2.45, 2.75) is 13.0 Å². The fraction of sp³-hybridized carbons (Fsp3) is 0.250. The second kappa shape index (κ2) is 5.92. The standard InChI is InChI=1S/C16H19FN2O/c1-11(18)16-14(17)5-4-6-15(16)19(2)12-7-9-13(20-3)10-8-12/h4-11H,18H2,1-3H3/t11-/m0/s1. The molecule has 1 atom stereocenters. The Bertz CT molecular complexity index is 582. The number of ether oxygens (including phenoxy) is 1. The van der Waals surface area contributed by atoms with Gasteiger partial charge in [-0.15, -0.1) is 0 Å². The van der Waals surface area contributed by atoms with Crippen molar-refractivity contribution in [3.8, 4) is 5.75 Å². The summed E-state index contributed by atoms with van der Waals surface area (Å²) in [6.07, 6.45) is 0. The van der Waals surface area contributed by atoms with Crippen molar-refractivity contribution in [1.29, 1.82) is 0 Å². The number of nitrogens with two attached hydrogens (primary N) is 1. The lowest BCUT2D eigenvalue weighted by atomic mass is 10.0. The van der Waals surface area contributed by atoms with Crippen molar-refractivity contribution in [2.75, 3.05) is 19.1 Å². The maximum Gasteiger partial charge on any atom is 0.130 e. The van der Waals surface area contributed by atoms with E-state index in [0.717, 1.165) is 17.1 Å². The molecule has 0 saturated carbocycles. The summed E-state index contributed by atoms with van der Waals surface area (Å²) >= 11 is 0. The molecule has 20 heavy (non-hydrogen) atoms. The molecular formula is C16H19FN2O. The van der Waals surface area contributed by atoms with E-state index in [0.29, 0.717) is 5.56 Å². The average molecular weight is 274 g/mol. The van der Waals surface area contributed by atoms with Crippen molar-refractivity contribution in [2.24, 2.45) is 5.73 Å². The molecule has 0 bridgehead atoms. The summed E-state index contributed by atoms with van der Waals surface area (Å²) in [5.74, 6) is 0.506. The number of methoxy groups -OCH3 is 1. The van der Waals surface area contributed by atoms with E-state index in [-0.39, 0.29) is 11.9 Å². The minimum absolute atomic E-state index is 0.280. The summed E-state index contributed by atoms with van der Waals surface area (Å²) in [6.45, 7) is 1.78. The Morgan fingerprint density at radius 3 is 2.35 bits per heavy atom. The van der Waals surface area contributed by atoms with Crippen molar-refractivity contribution in [3.05, 3.63) is 53.8 Å². The Morgan fingerprint density at radius 2 is 1.80 bits per heavy atom. The molecule has 2 rings (SSSR count). The van der Waals surface area contributed by atoms with Gasteiger partial charge in [-0.25, -0.2) is 4.39 Å². The Labute approximate surface area is 118 Å². The van der Waals surface area contributed by atoms with E-state index in [2.05, 4.69) is 0 Å². The zero-order chi connectivity index (χ0) is 14.7. The summed E-state index contributed by atoms with van der Waals surface area (Å²) in [4.78, 5) is 1.92. The molecule has 0 aliphatic rings. The van der Waals surface area contributed by atoms with Crippen LogP contribution in [-0.4, -0.2) is 14.2 Å². The molecule has 0 saturated heterocycles. The molecule has 2 aromatic carbocycles. The predicted molar refractivity (Wildman–Crippen MR) is 80.1 cm³/mol. The van der Waals surface area contributed by atoms with Crippen LogP contribution in [0.15, 0.2) is 42.5 Å². The van der Waals surface area contributed by atoms with Crippen LogP contribution in [0.5, 0.6) is 5.75 Å². The van der Waals surface area contributed by atoms with Crippen LogP contribution in [0.4, 0.5) is 15.8 Å². The van der Waals surface area contributed by atoms with Gasteiger partial charge in [0, 0.05) is 30.0 Å². The number of rotatable bonds is 4. The molecule has 106 valence electrons. The molecule has 0 heterocycles. The summed E-state index contributed by atoms with van der Waals surface area (Å²) < 4.78 is 19.1. The molecule has 0 aliphatic carbocycles. The van der Waals surface area contributed by atoms with E-state index in [1.165, 1.54) is 6.07 Å². The Balaban J connectivity index is 2.42. The molecule has 3 nitrogen and oxygen atoms in total. The van der Waals surface area contributed by atoms with Gasteiger partial charge < -0.3 is 15.4 Å². The van der Waals surface area contributed by atoms with Crippen LogP contribution in [0, 0.1) is 5.82 Å². The van der Waals surface area contributed by atoms with E-state index < -0.39 is 0 Å². The number of nitrogens with zero attached hydrogens (tertiary/aromatic N) is 1. The van der Waals surface area contributed by atoms with Gasteiger partial charge in [0.1, 0.15) is 11.6 Å². The lowest BCUT2D eigenvalue weighted by Gasteiger charge is -2.24. The second-order valence-corrected chi connectivity index (χ2v) is 4.72. The molecule has 0 radical (unpaired) electrons. The van der Waals surface area contributed by atoms with E-state index in [9.17, 15) is 4.39 Å². The normalized spacial score (nSPS) is 12.1. The monoisotopic (exact) mass is 274 g/mol. The van der Waals surface area contributed by atoms with Crippen LogP contribution >= 0.6 is 0 Å². The van der Waals surface area contributed by atoms with E-state index >= 15 is 0 Å². The van der Waals surface area contributed by atoms with Crippen LogP contribution in [0.2, 0.25) is 0 Å². The van der Waals surface area contributed by atoms with Gasteiger partial charge in [0.05, 0.1) is 7.11 Å². The topological polar surface area (TPSA) is 38.5 Å². The van der Waals surface area contributed by atoms with E-state index in [1.807, 2.05) is 42.3 Å². The van der Waals surface area contributed by atoms with Crippen molar-refractivity contribution < 1.29 is 9.13 Å². The largest absolute Gasteiger partial charge is 0.497 e. The van der Waals surface area contributed by atoms with Crippen molar-refractivity contribution >= 4 is 11.4 Å². The van der Waals surface area contributed by atoms with E-state index in [4.69, 9.17) is 10.5 Å². The van der Waals surface area contributed by atoms with Gasteiger partial charge in [-0.05, 0) is 43.3 Å². The zero-order valence-electron chi connectivity index (χ0n) is 11.9. The first-order valence-electron chi connectivity index (χ1n) is 6.46. The predicted octanol–water partition coefficient (Wildman–Crippen LogP) is 3.62. The summed E-state index contributed by atoms with van der Waals surface area (Å²) in [6, 6.07) is 12.2. The van der Waals surface area contributed by atoms with Gasteiger partial charge >= 0.3 is 0 Å². The number of halogens is 1. The number of hydrogen-bond donors (Lipinski definition) is 1. The minimum atomic E-state index is -0.369. The maximum absolute atomic E-state index is 14.0. The molecule has 2 N–H and O–H groups in total. The smallest absolute Gasteiger partial charge is 0.130 e. The van der Waals surface area contributed by atoms with Gasteiger partial charge in [0.2, 0.25) is 0 Å². The van der Waals surface area contributed by atoms with Crippen LogP contribution in [0.1, 0.15) is 18.5 Å². The lowest BCUT2D eigenvalue weighted by molar-refractivity contribution is 0.415. The molecule has 0 fully saturated rings. The molecule has 0 amide bonds. The fourth-order valence-electron chi connectivity index (χ4n) is 2.21. The van der Waals surface area contributed by atoms with Gasteiger partial charge in [0.25, 0.3) is 0 Å².